The first-order valence-electron chi connectivity index (χ1n) is 4.48. The van der Waals surface area contributed by atoms with Crippen LogP contribution in [0.25, 0.3) is 0 Å². The molecule has 0 fully saturated rings. The highest BCUT2D eigenvalue weighted by molar-refractivity contribution is 5.75. The molecule has 0 radical (unpaired) electrons. The zero-order valence-electron chi connectivity index (χ0n) is 9.31. The van der Waals surface area contributed by atoms with Crippen molar-refractivity contribution in [1.29, 1.82) is 0 Å². The van der Waals surface area contributed by atoms with Gasteiger partial charge in [0.05, 0.1) is 12.0 Å². The highest BCUT2D eigenvalue weighted by Gasteiger charge is 2.28. The van der Waals surface area contributed by atoms with Gasteiger partial charge in [0.1, 0.15) is 0 Å². The molecule has 0 bridgehead atoms. The average Bonchev–Trinajstić information content (AvgIpc) is 2.01. The third-order valence-electron chi connectivity index (χ3n) is 2.25. The Bertz CT molecular complexity index is 228. The lowest BCUT2D eigenvalue weighted by atomic mass is 10.0. The molecule has 0 rings (SSSR count). The number of hydrogen-bond acceptors (Lipinski definition) is 3. The minimum absolute atomic E-state index is 0.157. The number of aliphatic carboxylic acids is 1. The molecule has 82 valence electrons. The Labute approximate surface area is 84.3 Å². The predicted molar refractivity (Wildman–Crippen MR) is 52.5 cm³/mol. The maximum Gasteiger partial charge on any atom is 0.308 e. The van der Waals surface area contributed by atoms with Gasteiger partial charge in [-0.05, 0) is 13.8 Å². The Balaban J connectivity index is 4.68. The largest absolute Gasteiger partial charge is 0.481 e. The fourth-order valence-electron chi connectivity index (χ4n) is 1.35. The van der Waals surface area contributed by atoms with E-state index in [0.717, 1.165) is 0 Å². The lowest BCUT2D eigenvalue weighted by molar-refractivity contribution is -0.155. The summed E-state index contributed by atoms with van der Waals surface area (Å²) in [6.07, 6.45) is 0. The van der Waals surface area contributed by atoms with Crippen LogP contribution < -0.4 is 0 Å². The summed E-state index contributed by atoms with van der Waals surface area (Å²) >= 11 is 0. The molecule has 14 heavy (non-hydrogen) atoms. The van der Waals surface area contributed by atoms with Crippen LogP contribution >= 0.6 is 0 Å². The van der Waals surface area contributed by atoms with Gasteiger partial charge in [0.15, 0.2) is 0 Å². The van der Waals surface area contributed by atoms with Gasteiger partial charge < -0.3 is 5.11 Å². The van der Waals surface area contributed by atoms with E-state index in [1.807, 2.05) is 0 Å². The Morgan fingerprint density at radius 2 is 1.64 bits per heavy atom. The molecule has 0 aromatic heterocycles. The number of carbonyl (C=O) groups excluding carboxylic acids is 1. The monoisotopic (exact) mass is 202 g/mol. The molecule has 1 N–H and O–H groups in total. The quantitative estimate of drug-likeness (QED) is 0.671. The molecule has 1 amide bonds. The Hall–Kier alpha value is -1.10. The van der Waals surface area contributed by atoms with Crippen molar-refractivity contribution in [2.75, 3.05) is 14.1 Å². The minimum atomic E-state index is -0.898. The molecule has 0 aliphatic heterocycles. The zero-order valence-corrected chi connectivity index (χ0v) is 9.31. The van der Waals surface area contributed by atoms with E-state index in [9.17, 15) is 9.59 Å². The molecular formula is C9H18N2O3. The van der Waals surface area contributed by atoms with Gasteiger partial charge in [0.2, 0.25) is 5.91 Å². The molecule has 0 spiro atoms. The normalized spacial score (nSPS) is 15.0. The number of nitrogens with zero attached hydrogens (tertiary/aromatic N) is 2. The van der Waals surface area contributed by atoms with Crippen LogP contribution in [0, 0.1) is 5.92 Å². The third-order valence-corrected chi connectivity index (χ3v) is 2.25. The molecule has 0 saturated heterocycles. The minimum Gasteiger partial charge on any atom is -0.481 e. The van der Waals surface area contributed by atoms with Gasteiger partial charge >= 0.3 is 5.97 Å². The van der Waals surface area contributed by atoms with Crippen LogP contribution in [0.2, 0.25) is 0 Å². The molecular weight excluding hydrogens is 184 g/mol. The number of carboxylic acids is 1. The fourth-order valence-corrected chi connectivity index (χ4v) is 1.35. The molecule has 0 aliphatic carbocycles. The van der Waals surface area contributed by atoms with Crippen LogP contribution in [0.5, 0.6) is 0 Å². The molecule has 2 atom stereocenters. The second-order valence-electron chi connectivity index (χ2n) is 3.58. The molecule has 0 aromatic rings. The molecule has 0 aromatic carbocycles. The maximum atomic E-state index is 11.2. The topological polar surface area (TPSA) is 60.9 Å². The number of carbonyl (C=O) groups is 2. The number of hydrazine groups is 1. The van der Waals surface area contributed by atoms with Crippen molar-refractivity contribution in [2.24, 2.45) is 5.92 Å². The summed E-state index contributed by atoms with van der Waals surface area (Å²) in [6.45, 7) is 4.73. The second-order valence-corrected chi connectivity index (χ2v) is 3.58. The first-order chi connectivity index (χ1) is 6.29. The zero-order chi connectivity index (χ0) is 11.5. The SMILES string of the molecule is CC(=O)N(C(C)C(C)C(=O)O)N(C)C. The van der Waals surface area contributed by atoms with Gasteiger partial charge in [-0.3, -0.25) is 14.6 Å². The van der Waals surface area contributed by atoms with E-state index in [-0.39, 0.29) is 11.9 Å². The standard InChI is InChI=1S/C9H18N2O3/c1-6(9(13)14)7(2)11(8(3)12)10(4)5/h6-7H,1-5H3,(H,13,14). The van der Waals surface area contributed by atoms with E-state index in [1.165, 1.54) is 11.9 Å². The Kier molecular flexibility index (Phi) is 4.56. The van der Waals surface area contributed by atoms with Crippen LogP contribution in [0.15, 0.2) is 0 Å². The Morgan fingerprint density at radius 3 is 1.86 bits per heavy atom. The van der Waals surface area contributed by atoms with Crippen molar-refractivity contribution in [3.05, 3.63) is 0 Å². The van der Waals surface area contributed by atoms with E-state index in [1.54, 1.807) is 33.0 Å². The molecule has 0 saturated carbocycles. The number of carboxylic acid groups (broad SMARTS) is 1. The van der Waals surface area contributed by atoms with Crippen molar-refractivity contribution in [3.8, 4) is 0 Å². The highest BCUT2D eigenvalue weighted by Crippen LogP contribution is 2.12. The van der Waals surface area contributed by atoms with Crippen LogP contribution in [0.3, 0.4) is 0 Å². The van der Waals surface area contributed by atoms with Gasteiger partial charge in [-0.15, -0.1) is 0 Å². The summed E-state index contributed by atoms with van der Waals surface area (Å²) < 4.78 is 0. The number of hydrogen-bond donors (Lipinski definition) is 1. The van der Waals surface area contributed by atoms with Gasteiger partial charge in [0, 0.05) is 21.0 Å². The molecule has 2 unspecified atom stereocenters. The highest BCUT2D eigenvalue weighted by atomic mass is 16.4. The average molecular weight is 202 g/mol. The van der Waals surface area contributed by atoms with E-state index in [4.69, 9.17) is 5.11 Å². The summed E-state index contributed by atoms with van der Waals surface area (Å²) in [6, 6.07) is -0.347. The molecule has 0 heterocycles. The van der Waals surface area contributed by atoms with Crippen LogP contribution in [0.4, 0.5) is 0 Å². The first kappa shape index (κ1) is 12.9. The second kappa shape index (κ2) is 4.95. The van der Waals surface area contributed by atoms with Crippen molar-refractivity contribution in [2.45, 2.75) is 26.8 Å². The molecule has 5 nitrogen and oxygen atoms in total. The summed E-state index contributed by atoms with van der Waals surface area (Å²) in [5.74, 6) is -1.64. The van der Waals surface area contributed by atoms with E-state index >= 15 is 0 Å². The third kappa shape index (κ3) is 2.99. The van der Waals surface area contributed by atoms with Crippen molar-refractivity contribution in [3.63, 3.8) is 0 Å². The first-order valence-corrected chi connectivity index (χ1v) is 4.48. The van der Waals surface area contributed by atoms with Crippen LogP contribution in [0.1, 0.15) is 20.8 Å². The fraction of sp³-hybridized carbons (Fsp3) is 0.778. The number of rotatable bonds is 4. The lowest BCUT2D eigenvalue weighted by Gasteiger charge is -2.35. The van der Waals surface area contributed by atoms with Crippen LogP contribution in [-0.2, 0) is 9.59 Å². The predicted octanol–water partition coefficient (Wildman–Crippen LogP) is 0.421. The summed E-state index contributed by atoms with van der Waals surface area (Å²) in [5, 5.41) is 11.8. The van der Waals surface area contributed by atoms with E-state index in [0.29, 0.717) is 0 Å². The smallest absolute Gasteiger partial charge is 0.308 e. The molecule has 0 aliphatic rings. The van der Waals surface area contributed by atoms with Crippen molar-refractivity contribution in [1.82, 2.24) is 10.0 Å². The summed E-state index contributed by atoms with van der Waals surface area (Å²) in [4.78, 5) is 22.0. The van der Waals surface area contributed by atoms with E-state index in [2.05, 4.69) is 0 Å². The van der Waals surface area contributed by atoms with Crippen molar-refractivity contribution < 1.29 is 14.7 Å². The van der Waals surface area contributed by atoms with Gasteiger partial charge in [-0.25, -0.2) is 5.01 Å². The summed E-state index contributed by atoms with van der Waals surface area (Å²) in [5.41, 5.74) is 0. The van der Waals surface area contributed by atoms with Gasteiger partial charge in [-0.2, -0.15) is 0 Å². The lowest BCUT2D eigenvalue weighted by Crippen LogP contribution is -2.50. The van der Waals surface area contributed by atoms with E-state index < -0.39 is 11.9 Å². The maximum absolute atomic E-state index is 11.2. The van der Waals surface area contributed by atoms with Gasteiger partial charge in [0.25, 0.3) is 0 Å². The van der Waals surface area contributed by atoms with Gasteiger partial charge in [-0.1, -0.05) is 0 Å². The summed E-state index contributed by atoms with van der Waals surface area (Å²) in [7, 11) is 3.43. The number of amides is 1. The Morgan fingerprint density at radius 1 is 1.21 bits per heavy atom. The van der Waals surface area contributed by atoms with Crippen molar-refractivity contribution >= 4 is 11.9 Å². The van der Waals surface area contributed by atoms with Crippen LogP contribution in [-0.4, -0.2) is 47.1 Å². The molecule has 5 heteroatoms.